The van der Waals surface area contributed by atoms with Gasteiger partial charge in [-0.25, -0.2) is 0 Å². The average molecular weight is 406 g/mol. The Morgan fingerprint density at radius 3 is 2.55 bits per heavy atom. The molecule has 2 atom stereocenters. The highest BCUT2D eigenvalue weighted by Gasteiger charge is 2.14. The van der Waals surface area contributed by atoms with Crippen molar-refractivity contribution < 1.29 is 9.47 Å². The second kappa shape index (κ2) is 15.6. The second-order valence-electron chi connectivity index (χ2n) is 8.49. The second-order valence-corrected chi connectivity index (χ2v) is 8.49. The number of ether oxygens (including phenoxy) is 2. The number of nitrogens with one attached hydrogen (secondary N) is 1. The van der Waals surface area contributed by atoms with Crippen LogP contribution in [0.2, 0.25) is 0 Å². The number of methoxy groups -OCH3 is 1. The van der Waals surface area contributed by atoms with E-state index in [0.717, 1.165) is 56.9 Å². The van der Waals surface area contributed by atoms with E-state index in [4.69, 9.17) is 9.47 Å². The predicted molar refractivity (Wildman–Crippen MR) is 126 cm³/mol. The molecule has 1 aliphatic heterocycles. The van der Waals surface area contributed by atoms with Gasteiger partial charge < -0.3 is 14.8 Å². The quantitative estimate of drug-likeness (QED) is 0.176. The minimum atomic E-state index is 0.438. The molecule has 1 rings (SSSR count). The van der Waals surface area contributed by atoms with E-state index in [0.29, 0.717) is 6.10 Å². The third-order valence-corrected chi connectivity index (χ3v) is 6.03. The molecule has 0 radical (unpaired) electrons. The molecule has 3 nitrogen and oxygen atoms in total. The maximum absolute atomic E-state index is 6.13. The van der Waals surface area contributed by atoms with Crippen LogP contribution >= 0.6 is 0 Å². The lowest BCUT2D eigenvalue weighted by atomic mass is 9.98. The van der Waals surface area contributed by atoms with Gasteiger partial charge in [-0.15, -0.1) is 0 Å². The lowest BCUT2D eigenvalue weighted by molar-refractivity contribution is 0.0326. The maximum atomic E-state index is 6.13. The van der Waals surface area contributed by atoms with Gasteiger partial charge in [0, 0.05) is 24.4 Å². The summed E-state index contributed by atoms with van der Waals surface area (Å²) in [5, 5.41) is 3.47. The molecule has 0 amide bonds. The molecule has 1 N–H and O–H groups in total. The summed E-state index contributed by atoms with van der Waals surface area (Å²) in [6.45, 7) is 13.2. The Balaban J connectivity index is 2.46. The van der Waals surface area contributed by atoms with Gasteiger partial charge in [0.1, 0.15) is 5.76 Å². The molecule has 0 aliphatic carbocycles. The summed E-state index contributed by atoms with van der Waals surface area (Å²) in [5.74, 6) is 1.80. The van der Waals surface area contributed by atoms with Crippen molar-refractivity contribution in [1.29, 1.82) is 0 Å². The van der Waals surface area contributed by atoms with Crippen LogP contribution in [-0.2, 0) is 9.47 Å². The zero-order chi connectivity index (χ0) is 21.5. The van der Waals surface area contributed by atoms with E-state index >= 15 is 0 Å². The zero-order valence-corrected chi connectivity index (χ0v) is 20.1. The van der Waals surface area contributed by atoms with Crippen LogP contribution in [0.4, 0.5) is 0 Å². The van der Waals surface area contributed by atoms with Crippen molar-refractivity contribution in [3.8, 4) is 0 Å². The lowest BCUT2D eigenvalue weighted by Gasteiger charge is -2.21. The van der Waals surface area contributed by atoms with Crippen molar-refractivity contribution in [2.75, 3.05) is 20.3 Å². The summed E-state index contributed by atoms with van der Waals surface area (Å²) in [7, 11) is 1.80. The van der Waals surface area contributed by atoms with Crippen molar-refractivity contribution in [3.63, 3.8) is 0 Å². The first-order valence-electron chi connectivity index (χ1n) is 12.1. The van der Waals surface area contributed by atoms with Gasteiger partial charge in [0.05, 0.1) is 13.2 Å². The minimum absolute atomic E-state index is 0.438. The van der Waals surface area contributed by atoms with E-state index in [1.165, 1.54) is 48.9 Å². The lowest BCUT2D eigenvalue weighted by Crippen LogP contribution is -2.21. The van der Waals surface area contributed by atoms with Crippen molar-refractivity contribution in [1.82, 2.24) is 5.32 Å². The van der Waals surface area contributed by atoms with E-state index in [1.807, 2.05) is 0 Å². The Bertz CT molecular complexity index is 533. The van der Waals surface area contributed by atoms with E-state index in [1.54, 1.807) is 7.11 Å². The molecule has 0 saturated heterocycles. The van der Waals surface area contributed by atoms with Gasteiger partial charge in [-0.05, 0) is 75.9 Å². The van der Waals surface area contributed by atoms with Crippen LogP contribution in [0.3, 0.4) is 0 Å². The summed E-state index contributed by atoms with van der Waals surface area (Å²) >= 11 is 0. The summed E-state index contributed by atoms with van der Waals surface area (Å²) < 4.78 is 11.9. The topological polar surface area (TPSA) is 30.5 Å². The summed E-state index contributed by atoms with van der Waals surface area (Å²) in [6, 6.07) is 0. The molecule has 0 spiro atoms. The van der Waals surface area contributed by atoms with Crippen LogP contribution in [0.5, 0.6) is 0 Å². The fourth-order valence-electron chi connectivity index (χ4n) is 3.90. The normalized spacial score (nSPS) is 17.9. The van der Waals surface area contributed by atoms with Gasteiger partial charge in [0.15, 0.2) is 0 Å². The molecule has 2 unspecified atom stereocenters. The Morgan fingerprint density at radius 2 is 1.93 bits per heavy atom. The van der Waals surface area contributed by atoms with Crippen LogP contribution in [0.15, 0.2) is 34.8 Å². The van der Waals surface area contributed by atoms with Crippen LogP contribution in [0, 0.1) is 5.92 Å². The van der Waals surface area contributed by atoms with E-state index in [9.17, 15) is 0 Å². The van der Waals surface area contributed by atoms with Gasteiger partial charge in [0.2, 0.25) is 0 Å². The molecular weight excluding hydrogens is 358 g/mol. The van der Waals surface area contributed by atoms with E-state index in [2.05, 4.69) is 52.1 Å². The fraction of sp³-hybridized carbons (Fsp3) is 0.769. The summed E-state index contributed by atoms with van der Waals surface area (Å²) in [4.78, 5) is 0. The molecule has 0 saturated carbocycles. The van der Waals surface area contributed by atoms with Crippen molar-refractivity contribution in [2.24, 2.45) is 5.92 Å². The molecule has 1 aliphatic rings. The maximum Gasteiger partial charge on any atom is 0.124 e. The largest absolute Gasteiger partial charge is 0.496 e. The molecule has 1 heterocycles. The van der Waals surface area contributed by atoms with Crippen LogP contribution < -0.4 is 5.32 Å². The summed E-state index contributed by atoms with van der Waals surface area (Å²) in [6.07, 6.45) is 16.7. The first-order valence-corrected chi connectivity index (χ1v) is 12.1. The number of allylic oxidation sites excluding steroid dienone is 5. The molecule has 0 aromatic rings. The zero-order valence-electron chi connectivity index (χ0n) is 20.1. The Hall–Kier alpha value is -1.22. The van der Waals surface area contributed by atoms with Gasteiger partial charge in [-0.3, -0.25) is 0 Å². The molecule has 3 heteroatoms. The highest BCUT2D eigenvalue weighted by atomic mass is 16.5. The molecule has 29 heavy (non-hydrogen) atoms. The predicted octanol–water partition coefficient (Wildman–Crippen LogP) is 7.30. The summed E-state index contributed by atoms with van der Waals surface area (Å²) in [5.41, 5.74) is 4.00. The number of hydrogen-bond acceptors (Lipinski definition) is 3. The first-order chi connectivity index (χ1) is 14.0. The SMILES string of the molecule is CC/C=C(/C=C(/OC)C1=C(C)NCCC1)CCCCCOC(CC)CC(C)CC. The minimum Gasteiger partial charge on any atom is -0.496 e. The number of unbranched alkanes of at least 4 members (excludes halogenated alkanes) is 2. The van der Waals surface area contributed by atoms with E-state index in [-0.39, 0.29) is 0 Å². The highest BCUT2D eigenvalue weighted by Crippen LogP contribution is 2.25. The smallest absolute Gasteiger partial charge is 0.124 e. The Kier molecular flexibility index (Phi) is 13.9. The van der Waals surface area contributed by atoms with Crippen LogP contribution in [0.25, 0.3) is 0 Å². The molecular formula is C26H47NO2. The highest BCUT2D eigenvalue weighted by molar-refractivity contribution is 5.36. The Morgan fingerprint density at radius 1 is 1.14 bits per heavy atom. The molecule has 0 aromatic carbocycles. The van der Waals surface area contributed by atoms with Crippen LogP contribution in [-0.4, -0.2) is 26.4 Å². The van der Waals surface area contributed by atoms with Crippen molar-refractivity contribution in [2.45, 2.75) is 105 Å². The van der Waals surface area contributed by atoms with Crippen molar-refractivity contribution >= 4 is 0 Å². The first kappa shape index (κ1) is 25.8. The molecule has 0 bridgehead atoms. The van der Waals surface area contributed by atoms with Gasteiger partial charge >= 0.3 is 0 Å². The average Bonchev–Trinajstić information content (AvgIpc) is 2.73. The third kappa shape index (κ3) is 10.4. The number of rotatable bonds is 15. The van der Waals surface area contributed by atoms with Crippen molar-refractivity contribution in [3.05, 3.63) is 34.8 Å². The molecule has 168 valence electrons. The standard InChI is InChI=1S/C26H47NO2/c1-7-14-23(20-26(28-6)25-16-13-17-27-22(25)5)15-11-10-12-18-29-24(9-3)19-21(4)8-2/h14,20-21,24,27H,7-13,15-19H2,1-6H3/b23-14+,26-20+. The van der Waals surface area contributed by atoms with Gasteiger partial charge in [-0.2, -0.15) is 0 Å². The third-order valence-electron chi connectivity index (χ3n) is 6.03. The number of hydrogen-bond donors (Lipinski definition) is 1. The molecule has 0 fully saturated rings. The molecule has 0 aromatic heterocycles. The van der Waals surface area contributed by atoms with Crippen LogP contribution in [0.1, 0.15) is 98.8 Å². The Labute approximate surface area is 181 Å². The van der Waals surface area contributed by atoms with E-state index < -0.39 is 0 Å². The monoisotopic (exact) mass is 405 g/mol. The van der Waals surface area contributed by atoms with Gasteiger partial charge in [-0.1, -0.05) is 46.6 Å². The van der Waals surface area contributed by atoms with Gasteiger partial charge in [0.25, 0.3) is 0 Å². The fourth-order valence-corrected chi connectivity index (χ4v) is 3.90.